The number of rotatable bonds is 7. The van der Waals surface area contributed by atoms with Crippen LogP contribution in [-0.2, 0) is 9.53 Å². The molecule has 0 aromatic rings. The molecule has 3 N–H and O–H groups in total. The summed E-state index contributed by atoms with van der Waals surface area (Å²) in [5, 5.41) is 16.0. The number of amides is 1. The van der Waals surface area contributed by atoms with E-state index in [1.54, 1.807) is 0 Å². The summed E-state index contributed by atoms with van der Waals surface area (Å²) in [5.74, 6) is -0.0328. The Kier molecular flexibility index (Phi) is 5.81. The molecular weight excluding hydrogens is 256 g/mol. The summed E-state index contributed by atoms with van der Waals surface area (Å²) in [5.41, 5.74) is -0.0819. The Labute approximate surface area is 121 Å². The van der Waals surface area contributed by atoms with E-state index in [0.29, 0.717) is 19.8 Å². The number of hydrogen-bond acceptors (Lipinski definition) is 4. The summed E-state index contributed by atoms with van der Waals surface area (Å²) in [4.78, 5) is 12.3. The van der Waals surface area contributed by atoms with Gasteiger partial charge in [0.1, 0.15) is 0 Å². The number of ether oxygens (including phenoxy) is 1. The standard InChI is InChI=1S/C15H28N2O3/c1-2-7-16-13-9-20-8-12(13)14(19)17-10-15(11-18)5-3-4-6-15/h12-13,16,18H,2-11H2,1H3,(H,17,19). The molecule has 0 radical (unpaired) electrons. The molecule has 0 bridgehead atoms. The summed E-state index contributed by atoms with van der Waals surface area (Å²) >= 11 is 0. The minimum Gasteiger partial charge on any atom is -0.396 e. The molecule has 0 spiro atoms. The first-order chi connectivity index (χ1) is 9.71. The van der Waals surface area contributed by atoms with Crippen molar-refractivity contribution in [2.75, 3.05) is 32.9 Å². The van der Waals surface area contributed by atoms with Gasteiger partial charge in [-0.2, -0.15) is 0 Å². The van der Waals surface area contributed by atoms with Crippen molar-refractivity contribution in [1.82, 2.24) is 10.6 Å². The van der Waals surface area contributed by atoms with Crippen molar-refractivity contribution in [3.05, 3.63) is 0 Å². The van der Waals surface area contributed by atoms with Crippen molar-refractivity contribution < 1.29 is 14.6 Å². The van der Waals surface area contributed by atoms with Crippen LogP contribution in [0, 0.1) is 11.3 Å². The molecule has 1 amide bonds. The molecule has 2 fully saturated rings. The van der Waals surface area contributed by atoms with Gasteiger partial charge in [-0.05, 0) is 25.8 Å². The monoisotopic (exact) mass is 284 g/mol. The summed E-state index contributed by atoms with van der Waals surface area (Å²) in [6, 6.07) is 0.128. The highest BCUT2D eigenvalue weighted by atomic mass is 16.5. The van der Waals surface area contributed by atoms with E-state index in [9.17, 15) is 9.90 Å². The molecule has 2 aliphatic rings. The zero-order valence-corrected chi connectivity index (χ0v) is 12.5. The summed E-state index contributed by atoms with van der Waals surface area (Å²) < 4.78 is 5.44. The van der Waals surface area contributed by atoms with Crippen LogP contribution in [0.5, 0.6) is 0 Å². The van der Waals surface area contributed by atoms with Crippen LogP contribution >= 0.6 is 0 Å². The molecule has 1 heterocycles. The van der Waals surface area contributed by atoms with Crippen LogP contribution in [0.4, 0.5) is 0 Å². The Hall–Kier alpha value is -0.650. The highest BCUT2D eigenvalue weighted by molar-refractivity contribution is 5.79. The van der Waals surface area contributed by atoms with Gasteiger partial charge in [0.25, 0.3) is 0 Å². The normalized spacial score (nSPS) is 28.7. The SMILES string of the molecule is CCCNC1COCC1C(=O)NCC1(CO)CCCC1. The number of hydrogen-bond donors (Lipinski definition) is 3. The fourth-order valence-corrected chi connectivity index (χ4v) is 3.27. The number of aliphatic hydroxyl groups excluding tert-OH is 1. The summed E-state index contributed by atoms with van der Waals surface area (Å²) in [7, 11) is 0. The van der Waals surface area contributed by atoms with Gasteiger partial charge in [-0.3, -0.25) is 4.79 Å². The second-order valence-corrected chi connectivity index (χ2v) is 6.29. The predicted molar refractivity (Wildman–Crippen MR) is 77.4 cm³/mol. The number of nitrogens with one attached hydrogen (secondary N) is 2. The lowest BCUT2D eigenvalue weighted by Gasteiger charge is -2.28. The molecule has 1 saturated carbocycles. The van der Waals surface area contributed by atoms with Gasteiger partial charge in [0.2, 0.25) is 5.91 Å². The maximum Gasteiger partial charge on any atom is 0.227 e. The van der Waals surface area contributed by atoms with Gasteiger partial charge >= 0.3 is 0 Å². The van der Waals surface area contributed by atoms with Crippen molar-refractivity contribution in [3.8, 4) is 0 Å². The summed E-state index contributed by atoms with van der Waals surface area (Å²) in [6.07, 6.45) is 5.40. The molecule has 5 heteroatoms. The topological polar surface area (TPSA) is 70.6 Å². The Balaban J connectivity index is 1.81. The largest absolute Gasteiger partial charge is 0.396 e. The van der Waals surface area contributed by atoms with E-state index < -0.39 is 0 Å². The molecule has 1 aliphatic carbocycles. The van der Waals surface area contributed by atoms with Crippen LogP contribution in [-0.4, -0.2) is 50.0 Å². The fraction of sp³-hybridized carbons (Fsp3) is 0.933. The smallest absolute Gasteiger partial charge is 0.227 e. The molecule has 2 atom stereocenters. The van der Waals surface area contributed by atoms with Crippen molar-refractivity contribution in [2.24, 2.45) is 11.3 Å². The van der Waals surface area contributed by atoms with Gasteiger partial charge in [0.05, 0.1) is 25.7 Å². The first kappa shape index (κ1) is 15.7. The Bertz CT molecular complexity index is 316. The third kappa shape index (κ3) is 3.71. The average molecular weight is 284 g/mol. The molecule has 2 unspecified atom stereocenters. The third-order valence-electron chi connectivity index (χ3n) is 4.71. The number of aliphatic hydroxyl groups is 1. The van der Waals surface area contributed by atoms with Crippen LogP contribution in [0.3, 0.4) is 0 Å². The van der Waals surface area contributed by atoms with E-state index in [4.69, 9.17) is 4.74 Å². The third-order valence-corrected chi connectivity index (χ3v) is 4.71. The van der Waals surface area contributed by atoms with E-state index in [1.165, 1.54) is 0 Å². The maximum atomic E-state index is 12.3. The van der Waals surface area contributed by atoms with Crippen molar-refractivity contribution in [2.45, 2.75) is 45.1 Å². The average Bonchev–Trinajstić information content (AvgIpc) is 3.12. The maximum absolute atomic E-state index is 12.3. The van der Waals surface area contributed by atoms with Gasteiger partial charge in [0, 0.05) is 18.0 Å². The Morgan fingerprint density at radius 1 is 1.35 bits per heavy atom. The molecule has 116 valence electrons. The lowest BCUT2D eigenvalue weighted by Crippen LogP contribution is -2.47. The summed E-state index contributed by atoms with van der Waals surface area (Å²) in [6.45, 7) is 4.91. The molecular formula is C15H28N2O3. The first-order valence-electron chi connectivity index (χ1n) is 7.90. The Morgan fingerprint density at radius 3 is 2.75 bits per heavy atom. The van der Waals surface area contributed by atoms with Gasteiger partial charge in [0.15, 0.2) is 0 Å². The lowest BCUT2D eigenvalue weighted by molar-refractivity contribution is -0.126. The van der Waals surface area contributed by atoms with Crippen LogP contribution in [0.25, 0.3) is 0 Å². The second kappa shape index (κ2) is 7.38. The van der Waals surface area contributed by atoms with Gasteiger partial charge in [-0.1, -0.05) is 19.8 Å². The van der Waals surface area contributed by atoms with Crippen molar-refractivity contribution in [1.29, 1.82) is 0 Å². The predicted octanol–water partition coefficient (Wildman–Crippen LogP) is 0.670. The van der Waals surface area contributed by atoms with Crippen molar-refractivity contribution >= 4 is 5.91 Å². The van der Waals surface area contributed by atoms with Crippen LogP contribution in [0.15, 0.2) is 0 Å². The number of carbonyl (C=O) groups excluding carboxylic acids is 1. The van der Waals surface area contributed by atoms with Gasteiger partial charge < -0.3 is 20.5 Å². The molecule has 1 saturated heterocycles. The van der Waals surface area contributed by atoms with E-state index in [1.807, 2.05) is 0 Å². The lowest BCUT2D eigenvalue weighted by atomic mass is 9.87. The quantitative estimate of drug-likeness (QED) is 0.642. The molecule has 0 aromatic heterocycles. The molecule has 20 heavy (non-hydrogen) atoms. The van der Waals surface area contributed by atoms with Gasteiger partial charge in [-0.25, -0.2) is 0 Å². The first-order valence-corrected chi connectivity index (χ1v) is 7.90. The van der Waals surface area contributed by atoms with Gasteiger partial charge in [-0.15, -0.1) is 0 Å². The molecule has 1 aliphatic heterocycles. The van der Waals surface area contributed by atoms with E-state index >= 15 is 0 Å². The van der Waals surface area contributed by atoms with Crippen LogP contribution in [0.1, 0.15) is 39.0 Å². The van der Waals surface area contributed by atoms with E-state index in [0.717, 1.165) is 38.6 Å². The zero-order chi connectivity index (χ0) is 14.4. The molecule has 5 nitrogen and oxygen atoms in total. The molecule has 2 rings (SSSR count). The van der Waals surface area contributed by atoms with Crippen LogP contribution in [0.2, 0.25) is 0 Å². The minimum atomic E-state index is -0.0984. The van der Waals surface area contributed by atoms with E-state index in [-0.39, 0.29) is 29.9 Å². The molecule has 0 aromatic carbocycles. The van der Waals surface area contributed by atoms with E-state index in [2.05, 4.69) is 17.6 Å². The Morgan fingerprint density at radius 2 is 2.10 bits per heavy atom. The van der Waals surface area contributed by atoms with Crippen molar-refractivity contribution in [3.63, 3.8) is 0 Å². The van der Waals surface area contributed by atoms with Crippen LogP contribution < -0.4 is 10.6 Å². The highest BCUT2D eigenvalue weighted by Crippen LogP contribution is 2.37. The highest BCUT2D eigenvalue weighted by Gasteiger charge is 2.37. The number of carbonyl (C=O) groups is 1. The minimum absolute atomic E-state index is 0.0656. The fourth-order valence-electron chi connectivity index (χ4n) is 3.27. The second-order valence-electron chi connectivity index (χ2n) is 6.29. The zero-order valence-electron chi connectivity index (χ0n) is 12.5.